The van der Waals surface area contributed by atoms with Gasteiger partial charge >= 0.3 is 5.97 Å². The second kappa shape index (κ2) is 17.0. The number of nitro groups is 1. The quantitative estimate of drug-likeness (QED) is 0.0822. The van der Waals surface area contributed by atoms with Gasteiger partial charge in [0, 0.05) is 18.6 Å². The molecule has 0 aliphatic rings. The summed E-state index contributed by atoms with van der Waals surface area (Å²) in [6.07, 6.45) is 19.8. The lowest BCUT2D eigenvalue weighted by molar-refractivity contribution is -0.384. The van der Waals surface area contributed by atoms with Crippen molar-refractivity contribution in [1.29, 1.82) is 0 Å². The Morgan fingerprint density at radius 3 is 1.59 bits per heavy atom. The Balaban J connectivity index is 1.88. The van der Waals surface area contributed by atoms with Crippen LogP contribution in [-0.4, -0.2) is 10.9 Å². The second-order valence-corrected chi connectivity index (χ2v) is 7.92. The largest absolute Gasteiger partial charge is 0.427 e. The average Bonchev–Trinajstić information content (AvgIpc) is 2.71. The zero-order valence-electron chi connectivity index (χ0n) is 18.2. The molecule has 0 radical (unpaired) electrons. The van der Waals surface area contributed by atoms with Gasteiger partial charge in [-0.3, -0.25) is 14.9 Å². The van der Waals surface area contributed by atoms with E-state index in [1.807, 2.05) is 0 Å². The molecule has 0 aromatic heterocycles. The first-order valence-electron chi connectivity index (χ1n) is 11.6. The molecule has 0 N–H and O–H groups in total. The van der Waals surface area contributed by atoms with Crippen molar-refractivity contribution in [1.82, 2.24) is 0 Å². The molecule has 0 aliphatic heterocycles. The minimum absolute atomic E-state index is 0.00721. The molecule has 1 rings (SSSR count). The van der Waals surface area contributed by atoms with E-state index < -0.39 is 4.92 Å². The third-order valence-electron chi connectivity index (χ3n) is 5.26. The van der Waals surface area contributed by atoms with Crippen LogP contribution in [0.2, 0.25) is 0 Å². The van der Waals surface area contributed by atoms with Crippen molar-refractivity contribution in [2.24, 2.45) is 0 Å². The van der Waals surface area contributed by atoms with Crippen LogP contribution in [0, 0.1) is 10.1 Å². The Hall–Kier alpha value is -1.91. The summed E-state index contributed by atoms with van der Waals surface area (Å²) < 4.78 is 5.21. The lowest BCUT2D eigenvalue weighted by Crippen LogP contribution is -2.07. The molecule has 0 spiro atoms. The van der Waals surface area contributed by atoms with Crippen LogP contribution in [0.3, 0.4) is 0 Å². The molecule has 0 saturated heterocycles. The van der Waals surface area contributed by atoms with Crippen LogP contribution in [0.1, 0.15) is 110 Å². The summed E-state index contributed by atoms with van der Waals surface area (Å²) in [6.45, 7) is 2.26. The van der Waals surface area contributed by atoms with Gasteiger partial charge in [0.15, 0.2) is 0 Å². The van der Waals surface area contributed by atoms with Gasteiger partial charge in [-0.25, -0.2) is 0 Å². The molecule has 29 heavy (non-hydrogen) atoms. The molecule has 0 aliphatic carbocycles. The molecular weight excluding hydrogens is 366 g/mol. The molecule has 0 unspecified atom stereocenters. The van der Waals surface area contributed by atoms with Gasteiger partial charge in [-0.1, -0.05) is 96.8 Å². The van der Waals surface area contributed by atoms with Gasteiger partial charge in [0.05, 0.1) is 4.92 Å². The highest BCUT2D eigenvalue weighted by Gasteiger charge is 2.08. The Bertz CT molecular complexity index is 557. The fourth-order valence-electron chi connectivity index (χ4n) is 3.46. The van der Waals surface area contributed by atoms with Gasteiger partial charge in [-0.2, -0.15) is 0 Å². The van der Waals surface area contributed by atoms with Crippen molar-refractivity contribution in [3.63, 3.8) is 0 Å². The summed E-state index contributed by atoms with van der Waals surface area (Å²) in [7, 11) is 0. The van der Waals surface area contributed by atoms with Gasteiger partial charge in [0.1, 0.15) is 5.75 Å². The maximum absolute atomic E-state index is 11.8. The number of non-ortho nitro benzene ring substituents is 1. The maximum Gasteiger partial charge on any atom is 0.311 e. The monoisotopic (exact) mass is 405 g/mol. The smallest absolute Gasteiger partial charge is 0.311 e. The molecule has 1 aromatic rings. The number of rotatable bonds is 18. The fourth-order valence-corrected chi connectivity index (χ4v) is 3.46. The van der Waals surface area contributed by atoms with E-state index in [-0.39, 0.29) is 11.7 Å². The predicted molar refractivity (Wildman–Crippen MR) is 118 cm³/mol. The van der Waals surface area contributed by atoms with E-state index in [4.69, 9.17) is 4.74 Å². The number of carbonyl (C=O) groups is 1. The van der Waals surface area contributed by atoms with E-state index in [9.17, 15) is 14.9 Å². The van der Waals surface area contributed by atoms with Crippen molar-refractivity contribution < 1.29 is 14.5 Å². The number of nitrogens with zero attached hydrogens (tertiary/aromatic N) is 1. The molecule has 0 fully saturated rings. The highest BCUT2D eigenvalue weighted by atomic mass is 16.6. The third-order valence-corrected chi connectivity index (χ3v) is 5.26. The summed E-state index contributed by atoms with van der Waals surface area (Å²) in [5.74, 6) is 0.0927. The van der Waals surface area contributed by atoms with Gasteiger partial charge in [0.2, 0.25) is 0 Å². The van der Waals surface area contributed by atoms with E-state index in [0.717, 1.165) is 12.8 Å². The first-order chi connectivity index (χ1) is 14.1. The van der Waals surface area contributed by atoms with Crippen molar-refractivity contribution in [2.75, 3.05) is 0 Å². The molecule has 0 amide bonds. The van der Waals surface area contributed by atoms with Crippen molar-refractivity contribution in [2.45, 2.75) is 110 Å². The van der Waals surface area contributed by atoms with Gasteiger partial charge < -0.3 is 4.74 Å². The van der Waals surface area contributed by atoms with E-state index in [1.54, 1.807) is 0 Å². The minimum Gasteiger partial charge on any atom is -0.427 e. The molecule has 0 saturated carbocycles. The van der Waals surface area contributed by atoms with Crippen LogP contribution in [0.4, 0.5) is 5.69 Å². The zero-order chi connectivity index (χ0) is 21.2. The minimum atomic E-state index is -0.471. The van der Waals surface area contributed by atoms with Gasteiger partial charge in [-0.15, -0.1) is 0 Å². The SMILES string of the molecule is CCCCCCCCCCCCCCCCCC(=O)Oc1ccc([N+](=O)[O-])cc1. The fraction of sp³-hybridized carbons (Fsp3) is 0.708. The van der Waals surface area contributed by atoms with Crippen LogP contribution in [-0.2, 0) is 4.79 Å². The van der Waals surface area contributed by atoms with Crippen LogP contribution in [0.15, 0.2) is 24.3 Å². The summed E-state index contributed by atoms with van der Waals surface area (Å²) in [5, 5.41) is 10.6. The lowest BCUT2D eigenvalue weighted by Gasteiger charge is -2.05. The number of benzene rings is 1. The van der Waals surface area contributed by atoms with Crippen LogP contribution < -0.4 is 4.74 Å². The van der Waals surface area contributed by atoms with E-state index in [0.29, 0.717) is 12.2 Å². The van der Waals surface area contributed by atoms with E-state index in [1.165, 1.54) is 108 Å². The topological polar surface area (TPSA) is 69.4 Å². The summed E-state index contributed by atoms with van der Waals surface area (Å²) in [5.41, 5.74) is -0.00721. The number of esters is 1. The van der Waals surface area contributed by atoms with Gasteiger partial charge in [-0.05, 0) is 18.6 Å². The molecule has 5 nitrogen and oxygen atoms in total. The maximum atomic E-state index is 11.8. The second-order valence-electron chi connectivity index (χ2n) is 7.92. The molecule has 164 valence electrons. The molecular formula is C24H39NO4. The Labute approximate surface area is 176 Å². The molecule has 0 atom stereocenters. The van der Waals surface area contributed by atoms with E-state index in [2.05, 4.69) is 6.92 Å². The molecule has 0 bridgehead atoms. The number of hydrogen-bond donors (Lipinski definition) is 0. The van der Waals surface area contributed by atoms with Crippen molar-refractivity contribution in [3.05, 3.63) is 34.4 Å². The summed E-state index contributed by atoms with van der Waals surface area (Å²) in [6, 6.07) is 5.61. The number of nitro benzene ring substituents is 1. The van der Waals surface area contributed by atoms with E-state index >= 15 is 0 Å². The highest BCUT2D eigenvalue weighted by Crippen LogP contribution is 2.18. The molecule has 5 heteroatoms. The Morgan fingerprint density at radius 1 is 0.759 bits per heavy atom. The van der Waals surface area contributed by atoms with Crippen LogP contribution in [0.5, 0.6) is 5.75 Å². The lowest BCUT2D eigenvalue weighted by atomic mass is 10.0. The number of carbonyl (C=O) groups excluding carboxylic acids is 1. The summed E-state index contributed by atoms with van der Waals surface area (Å²) >= 11 is 0. The third kappa shape index (κ3) is 13.8. The van der Waals surface area contributed by atoms with Crippen LogP contribution >= 0.6 is 0 Å². The molecule has 1 aromatic carbocycles. The highest BCUT2D eigenvalue weighted by molar-refractivity contribution is 5.72. The normalized spacial score (nSPS) is 10.8. The predicted octanol–water partition coefficient (Wildman–Crippen LogP) is 7.76. The van der Waals surface area contributed by atoms with Crippen molar-refractivity contribution >= 4 is 11.7 Å². The summed E-state index contributed by atoms with van der Waals surface area (Å²) in [4.78, 5) is 21.9. The average molecular weight is 406 g/mol. The zero-order valence-corrected chi connectivity index (χ0v) is 18.2. The van der Waals surface area contributed by atoms with Crippen molar-refractivity contribution in [3.8, 4) is 5.75 Å². The Kier molecular flexibility index (Phi) is 14.7. The van der Waals surface area contributed by atoms with Gasteiger partial charge in [0.25, 0.3) is 5.69 Å². The standard InChI is InChI=1S/C24H39NO4/c1-2-3-4-5-6-7-8-9-10-11-12-13-14-15-16-17-24(26)29-23-20-18-22(19-21-23)25(27)28/h18-21H,2-17H2,1H3. The first-order valence-corrected chi connectivity index (χ1v) is 11.6. The van der Waals surface area contributed by atoms with Crippen LogP contribution in [0.25, 0.3) is 0 Å². The number of hydrogen-bond acceptors (Lipinski definition) is 4. The number of unbranched alkanes of at least 4 members (excludes halogenated alkanes) is 14. The Morgan fingerprint density at radius 2 is 1.17 bits per heavy atom. The molecule has 0 heterocycles. The first kappa shape index (κ1) is 25.1. The number of ether oxygens (including phenoxy) is 1.